The van der Waals surface area contributed by atoms with Crippen molar-refractivity contribution in [1.29, 1.82) is 0 Å². The van der Waals surface area contributed by atoms with Crippen LogP contribution >= 0.6 is 0 Å². The van der Waals surface area contributed by atoms with Gasteiger partial charge in [-0.2, -0.15) is 5.10 Å². The van der Waals surface area contributed by atoms with Crippen LogP contribution in [0, 0.1) is 25.7 Å². The van der Waals surface area contributed by atoms with E-state index in [1.165, 1.54) is 37.2 Å². The minimum Gasteiger partial charge on any atom is -0.379 e. The third-order valence-electron chi connectivity index (χ3n) is 7.09. The van der Waals surface area contributed by atoms with Crippen LogP contribution in [0.4, 0.5) is 0 Å². The first-order chi connectivity index (χ1) is 12.1. The van der Waals surface area contributed by atoms with Crippen molar-refractivity contribution >= 4 is 0 Å². The van der Waals surface area contributed by atoms with Crippen LogP contribution in [-0.2, 0) is 16.0 Å². The summed E-state index contributed by atoms with van der Waals surface area (Å²) < 4.78 is 12.1. The van der Waals surface area contributed by atoms with Gasteiger partial charge in [0.1, 0.15) is 0 Å². The van der Waals surface area contributed by atoms with Crippen molar-refractivity contribution in [3.63, 3.8) is 0 Å². The number of morpholine rings is 1. The van der Waals surface area contributed by atoms with E-state index in [0.29, 0.717) is 17.9 Å². The highest BCUT2D eigenvalue weighted by Gasteiger charge is 2.62. The van der Waals surface area contributed by atoms with E-state index in [2.05, 4.69) is 33.8 Å². The molecule has 4 fully saturated rings. The summed E-state index contributed by atoms with van der Waals surface area (Å²) in [6.07, 6.45) is 3.00. The van der Waals surface area contributed by atoms with Crippen LogP contribution in [0.2, 0.25) is 0 Å². The standard InChI is InChI=1S/C19H30N4O2/c1-13-15(14(2)21-20-13)9-23-11-17-16(10-22-5-7-24-8-6-22)18-3-4-19(17,12-23)25-18/h16-18H,3-12H2,1-2H3,(H,20,21)/t16-,17+,18+,19+/m0/s1. The molecule has 0 aromatic carbocycles. The molecule has 0 amide bonds. The van der Waals surface area contributed by atoms with Crippen LogP contribution in [0.3, 0.4) is 0 Å². The minimum atomic E-state index is 0.132. The molecule has 5 rings (SSSR count). The molecule has 138 valence electrons. The van der Waals surface area contributed by atoms with Crippen LogP contribution in [0.15, 0.2) is 0 Å². The number of likely N-dealkylation sites (tertiary alicyclic amines) is 1. The van der Waals surface area contributed by atoms with Gasteiger partial charge in [0, 0.05) is 62.4 Å². The van der Waals surface area contributed by atoms with Gasteiger partial charge in [-0.1, -0.05) is 0 Å². The molecule has 0 aliphatic carbocycles. The van der Waals surface area contributed by atoms with Crippen LogP contribution in [0.5, 0.6) is 0 Å². The van der Waals surface area contributed by atoms with Crippen LogP contribution < -0.4 is 0 Å². The van der Waals surface area contributed by atoms with Crippen LogP contribution in [-0.4, -0.2) is 77.6 Å². The molecule has 6 heteroatoms. The van der Waals surface area contributed by atoms with Crippen molar-refractivity contribution in [2.45, 2.75) is 44.9 Å². The van der Waals surface area contributed by atoms with Gasteiger partial charge in [0.05, 0.1) is 30.6 Å². The van der Waals surface area contributed by atoms with Crippen molar-refractivity contribution in [2.24, 2.45) is 11.8 Å². The van der Waals surface area contributed by atoms with Crippen molar-refractivity contribution in [2.75, 3.05) is 45.9 Å². The molecule has 5 heterocycles. The van der Waals surface area contributed by atoms with E-state index in [-0.39, 0.29) is 5.60 Å². The smallest absolute Gasteiger partial charge is 0.0858 e. The number of hydrogen-bond donors (Lipinski definition) is 1. The Kier molecular flexibility index (Phi) is 3.93. The summed E-state index contributed by atoms with van der Waals surface area (Å²) in [6.45, 7) is 12.7. The van der Waals surface area contributed by atoms with Gasteiger partial charge in [-0.15, -0.1) is 0 Å². The molecule has 0 unspecified atom stereocenters. The fraction of sp³-hybridized carbons (Fsp3) is 0.842. The van der Waals surface area contributed by atoms with E-state index in [4.69, 9.17) is 9.47 Å². The highest BCUT2D eigenvalue weighted by atomic mass is 16.5. The fourth-order valence-electron chi connectivity index (χ4n) is 5.76. The predicted molar refractivity (Wildman–Crippen MR) is 94.4 cm³/mol. The van der Waals surface area contributed by atoms with Crippen molar-refractivity contribution in [3.8, 4) is 0 Å². The van der Waals surface area contributed by atoms with E-state index in [1.807, 2.05) is 0 Å². The second-order valence-corrected chi connectivity index (χ2v) is 8.53. The fourth-order valence-corrected chi connectivity index (χ4v) is 5.76. The van der Waals surface area contributed by atoms with E-state index in [9.17, 15) is 0 Å². The first kappa shape index (κ1) is 16.2. The largest absolute Gasteiger partial charge is 0.379 e. The second-order valence-electron chi connectivity index (χ2n) is 8.53. The Morgan fingerprint density at radius 2 is 2.08 bits per heavy atom. The number of fused-ring (bicyclic) bond motifs is 1. The molecule has 0 saturated carbocycles. The van der Waals surface area contributed by atoms with Crippen LogP contribution in [0.1, 0.15) is 29.8 Å². The quantitative estimate of drug-likeness (QED) is 0.892. The number of aryl methyl sites for hydroxylation is 2. The monoisotopic (exact) mass is 346 g/mol. The molecule has 2 bridgehead atoms. The van der Waals surface area contributed by atoms with Gasteiger partial charge < -0.3 is 9.47 Å². The average molecular weight is 346 g/mol. The van der Waals surface area contributed by atoms with Gasteiger partial charge in [0.15, 0.2) is 0 Å². The zero-order valence-corrected chi connectivity index (χ0v) is 15.5. The Labute approximate surface area is 149 Å². The van der Waals surface area contributed by atoms with E-state index < -0.39 is 0 Å². The third-order valence-corrected chi connectivity index (χ3v) is 7.09. The van der Waals surface area contributed by atoms with Crippen LogP contribution in [0.25, 0.3) is 0 Å². The van der Waals surface area contributed by atoms with Gasteiger partial charge in [0.25, 0.3) is 0 Å². The number of H-pyrrole nitrogens is 1. The summed E-state index contributed by atoms with van der Waals surface area (Å²) in [5.41, 5.74) is 3.85. The highest BCUT2D eigenvalue weighted by molar-refractivity contribution is 5.24. The Morgan fingerprint density at radius 3 is 2.84 bits per heavy atom. The normalized spacial score (nSPS) is 38.6. The lowest BCUT2D eigenvalue weighted by molar-refractivity contribution is -0.00285. The Balaban J connectivity index is 1.30. The molecule has 4 atom stereocenters. The lowest BCUT2D eigenvalue weighted by Gasteiger charge is -2.35. The summed E-state index contributed by atoms with van der Waals surface area (Å²) >= 11 is 0. The van der Waals surface area contributed by atoms with Gasteiger partial charge in [0.2, 0.25) is 0 Å². The summed E-state index contributed by atoms with van der Waals surface area (Å²) in [6, 6.07) is 0. The summed E-state index contributed by atoms with van der Waals surface area (Å²) in [7, 11) is 0. The zero-order chi connectivity index (χ0) is 17.0. The average Bonchev–Trinajstić information content (AvgIpc) is 3.33. The first-order valence-electron chi connectivity index (χ1n) is 9.85. The van der Waals surface area contributed by atoms with Crippen molar-refractivity contribution in [3.05, 3.63) is 17.0 Å². The number of nitrogens with one attached hydrogen (secondary N) is 1. The number of hydrogen-bond acceptors (Lipinski definition) is 5. The second kappa shape index (κ2) is 6.05. The van der Waals surface area contributed by atoms with Gasteiger partial charge in [-0.25, -0.2) is 0 Å². The SMILES string of the molecule is Cc1n[nH]c(C)c1CN1C[C@@H]2[C@H](CN3CCOCC3)[C@H]3CC[C@]2(C1)O3. The topological polar surface area (TPSA) is 53.6 Å². The van der Waals surface area contributed by atoms with E-state index >= 15 is 0 Å². The van der Waals surface area contributed by atoms with Gasteiger partial charge >= 0.3 is 0 Å². The maximum atomic E-state index is 6.62. The molecule has 4 saturated heterocycles. The molecule has 1 aromatic heterocycles. The molecule has 1 N–H and O–H groups in total. The number of aromatic amines is 1. The maximum Gasteiger partial charge on any atom is 0.0858 e. The summed E-state index contributed by atoms with van der Waals surface area (Å²) in [4.78, 5) is 5.21. The van der Waals surface area contributed by atoms with Gasteiger partial charge in [-0.3, -0.25) is 14.9 Å². The molecular weight excluding hydrogens is 316 g/mol. The molecule has 25 heavy (non-hydrogen) atoms. The van der Waals surface area contributed by atoms with E-state index in [0.717, 1.165) is 45.1 Å². The Bertz CT molecular complexity index is 622. The number of nitrogens with zero attached hydrogens (tertiary/aromatic N) is 3. The number of aromatic nitrogens is 2. The Hall–Kier alpha value is -0.950. The molecule has 6 nitrogen and oxygen atoms in total. The highest BCUT2D eigenvalue weighted by Crippen LogP contribution is 2.55. The lowest BCUT2D eigenvalue weighted by Crippen LogP contribution is -2.45. The van der Waals surface area contributed by atoms with Crippen molar-refractivity contribution < 1.29 is 9.47 Å². The first-order valence-corrected chi connectivity index (χ1v) is 9.85. The summed E-state index contributed by atoms with van der Waals surface area (Å²) in [5, 5.41) is 7.50. The minimum absolute atomic E-state index is 0.132. The Morgan fingerprint density at radius 1 is 1.24 bits per heavy atom. The maximum absolute atomic E-state index is 6.62. The molecule has 4 aliphatic heterocycles. The third kappa shape index (κ3) is 2.65. The molecule has 4 aliphatic rings. The molecule has 1 spiro atoms. The van der Waals surface area contributed by atoms with Gasteiger partial charge in [-0.05, 0) is 26.7 Å². The zero-order valence-electron chi connectivity index (χ0n) is 15.5. The predicted octanol–water partition coefficient (Wildman–Crippen LogP) is 1.34. The molecular formula is C19H30N4O2. The number of ether oxygens (including phenoxy) is 2. The summed E-state index contributed by atoms with van der Waals surface area (Å²) in [5.74, 6) is 1.39. The lowest BCUT2D eigenvalue weighted by atomic mass is 9.73. The van der Waals surface area contributed by atoms with E-state index in [1.54, 1.807) is 0 Å². The van der Waals surface area contributed by atoms with Crippen molar-refractivity contribution in [1.82, 2.24) is 20.0 Å². The number of rotatable bonds is 4. The molecule has 0 radical (unpaired) electrons. The molecule has 1 aromatic rings.